The van der Waals surface area contributed by atoms with Crippen molar-refractivity contribution in [2.45, 2.75) is 13.8 Å². The molecular weight excluding hydrogens is 322 g/mol. The SMILES string of the molecule is Cc1ccc(N=CC2=C(c3ccccc3)Oc3ccccc3O2)cc1C. The van der Waals surface area contributed by atoms with Gasteiger partial charge in [0.15, 0.2) is 23.0 Å². The zero-order valence-corrected chi connectivity index (χ0v) is 14.8. The Morgan fingerprint density at radius 2 is 1.42 bits per heavy atom. The van der Waals surface area contributed by atoms with E-state index in [1.54, 1.807) is 6.21 Å². The quantitative estimate of drug-likeness (QED) is 0.560. The minimum atomic E-state index is 0.591. The van der Waals surface area contributed by atoms with Crippen molar-refractivity contribution in [3.05, 3.63) is 95.2 Å². The number of aryl methyl sites for hydroxylation is 2. The second-order valence-corrected chi connectivity index (χ2v) is 6.24. The van der Waals surface area contributed by atoms with Gasteiger partial charge in [-0.2, -0.15) is 0 Å². The van der Waals surface area contributed by atoms with Gasteiger partial charge in [-0.05, 0) is 49.2 Å². The van der Waals surface area contributed by atoms with Gasteiger partial charge in [-0.25, -0.2) is 0 Å². The lowest BCUT2D eigenvalue weighted by atomic mass is 10.1. The Bertz CT molecular complexity index is 1000. The highest BCUT2D eigenvalue weighted by molar-refractivity contribution is 5.90. The first-order valence-corrected chi connectivity index (χ1v) is 8.56. The molecule has 0 N–H and O–H groups in total. The average molecular weight is 341 g/mol. The number of hydrogen-bond donors (Lipinski definition) is 0. The molecule has 0 bridgehead atoms. The third kappa shape index (κ3) is 3.24. The summed E-state index contributed by atoms with van der Waals surface area (Å²) in [4.78, 5) is 4.59. The molecule has 3 nitrogen and oxygen atoms in total. The zero-order chi connectivity index (χ0) is 17.9. The molecule has 0 aliphatic carbocycles. The number of aliphatic imine (C=N–C) groups is 1. The van der Waals surface area contributed by atoms with E-state index in [1.807, 2.05) is 60.7 Å². The number of nitrogens with zero attached hydrogens (tertiary/aromatic N) is 1. The van der Waals surface area contributed by atoms with Crippen LogP contribution in [0.2, 0.25) is 0 Å². The lowest BCUT2D eigenvalue weighted by Gasteiger charge is -2.22. The molecule has 0 unspecified atom stereocenters. The van der Waals surface area contributed by atoms with E-state index in [0.29, 0.717) is 23.0 Å². The van der Waals surface area contributed by atoms with Crippen LogP contribution in [0.1, 0.15) is 16.7 Å². The largest absolute Gasteiger partial charge is 0.449 e. The van der Waals surface area contributed by atoms with E-state index in [2.05, 4.69) is 31.0 Å². The predicted octanol–water partition coefficient (Wildman–Crippen LogP) is 5.85. The smallest absolute Gasteiger partial charge is 0.188 e. The van der Waals surface area contributed by atoms with E-state index in [9.17, 15) is 0 Å². The molecule has 0 saturated heterocycles. The van der Waals surface area contributed by atoms with Crippen LogP contribution in [0.3, 0.4) is 0 Å². The average Bonchev–Trinajstić information content (AvgIpc) is 2.69. The molecule has 0 atom stereocenters. The van der Waals surface area contributed by atoms with E-state index in [4.69, 9.17) is 9.47 Å². The number of fused-ring (bicyclic) bond motifs is 1. The van der Waals surface area contributed by atoms with E-state index in [-0.39, 0.29) is 0 Å². The van der Waals surface area contributed by atoms with Crippen LogP contribution in [0.4, 0.5) is 5.69 Å². The highest BCUT2D eigenvalue weighted by Gasteiger charge is 2.21. The first-order valence-electron chi connectivity index (χ1n) is 8.56. The van der Waals surface area contributed by atoms with Crippen molar-refractivity contribution in [1.29, 1.82) is 0 Å². The maximum atomic E-state index is 6.13. The van der Waals surface area contributed by atoms with Crippen LogP contribution >= 0.6 is 0 Å². The summed E-state index contributed by atoms with van der Waals surface area (Å²) in [6.45, 7) is 4.17. The topological polar surface area (TPSA) is 30.8 Å². The van der Waals surface area contributed by atoms with Gasteiger partial charge in [0.2, 0.25) is 0 Å². The van der Waals surface area contributed by atoms with Crippen molar-refractivity contribution in [3.8, 4) is 11.5 Å². The molecule has 26 heavy (non-hydrogen) atoms. The van der Waals surface area contributed by atoms with Crippen molar-refractivity contribution in [3.63, 3.8) is 0 Å². The minimum Gasteiger partial charge on any atom is -0.449 e. The Hall–Kier alpha value is -3.33. The van der Waals surface area contributed by atoms with E-state index in [0.717, 1.165) is 11.3 Å². The molecule has 1 aliphatic rings. The van der Waals surface area contributed by atoms with Gasteiger partial charge in [0.05, 0.1) is 11.9 Å². The summed E-state index contributed by atoms with van der Waals surface area (Å²) in [7, 11) is 0. The van der Waals surface area contributed by atoms with Crippen LogP contribution in [-0.4, -0.2) is 6.21 Å². The van der Waals surface area contributed by atoms with Gasteiger partial charge < -0.3 is 9.47 Å². The molecule has 128 valence electrons. The molecular formula is C23H19NO2. The van der Waals surface area contributed by atoms with E-state index in [1.165, 1.54) is 11.1 Å². The fourth-order valence-corrected chi connectivity index (χ4v) is 2.76. The Morgan fingerprint density at radius 3 is 2.15 bits per heavy atom. The van der Waals surface area contributed by atoms with Crippen LogP contribution in [0.25, 0.3) is 5.76 Å². The summed E-state index contributed by atoms with van der Waals surface area (Å²) in [6, 6.07) is 23.7. The summed E-state index contributed by atoms with van der Waals surface area (Å²) < 4.78 is 12.2. The van der Waals surface area contributed by atoms with Crippen LogP contribution in [0.5, 0.6) is 11.5 Å². The third-order valence-corrected chi connectivity index (χ3v) is 4.36. The summed E-state index contributed by atoms with van der Waals surface area (Å²) in [5.41, 5.74) is 4.29. The second-order valence-electron chi connectivity index (χ2n) is 6.24. The lowest BCUT2D eigenvalue weighted by molar-refractivity contribution is 0.367. The maximum absolute atomic E-state index is 6.13. The number of benzene rings is 3. The van der Waals surface area contributed by atoms with Gasteiger partial charge in [0.25, 0.3) is 0 Å². The Kier molecular flexibility index (Phi) is 4.28. The molecule has 3 aromatic rings. The van der Waals surface area contributed by atoms with Crippen molar-refractivity contribution in [1.82, 2.24) is 0 Å². The third-order valence-electron chi connectivity index (χ3n) is 4.36. The molecule has 1 heterocycles. The van der Waals surface area contributed by atoms with Crippen LogP contribution < -0.4 is 9.47 Å². The molecule has 4 rings (SSSR count). The van der Waals surface area contributed by atoms with Crippen molar-refractivity contribution in [2.24, 2.45) is 4.99 Å². The van der Waals surface area contributed by atoms with Crippen molar-refractivity contribution < 1.29 is 9.47 Å². The minimum absolute atomic E-state index is 0.591. The van der Waals surface area contributed by atoms with Gasteiger partial charge in [-0.1, -0.05) is 48.5 Å². The van der Waals surface area contributed by atoms with Gasteiger partial charge in [-0.15, -0.1) is 0 Å². The summed E-state index contributed by atoms with van der Waals surface area (Å²) >= 11 is 0. The number of hydrogen-bond acceptors (Lipinski definition) is 3. The molecule has 0 saturated carbocycles. The first kappa shape index (κ1) is 16.2. The second kappa shape index (κ2) is 6.89. The molecule has 3 aromatic carbocycles. The van der Waals surface area contributed by atoms with Crippen molar-refractivity contribution >= 4 is 17.7 Å². The fourth-order valence-electron chi connectivity index (χ4n) is 2.76. The molecule has 1 aliphatic heterocycles. The van der Waals surface area contributed by atoms with Crippen LogP contribution in [0, 0.1) is 13.8 Å². The van der Waals surface area contributed by atoms with Crippen LogP contribution in [0.15, 0.2) is 83.5 Å². The van der Waals surface area contributed by atoms with Gasteiger partial charge in [0, 0.05) is 5.56 Å². The summed E-state index contributed by atoms with van der Waals surface area (Å²) in [5, 5.41) is 0. The van der Waals surface area contributed by atoms with Gasteiger partial charge >= 0.3 is 0 Å². The van der Waals surface area contributed by atoms with E-state index < -0.39 is 0 Å². The van der Waals surface area contributed by atoms with Crippen molar-refractivity contribution in [2.75, 3.05) is 0 Å². The zero-order valence-electron chi connectivity index (χ0n) is 14.8. The molecule has 0 amide bonds. The normalized spacial score (nSPS) is 13.3. The fraction of sp³-hybridized carbons (Fsp3) is 0.0870. The Balaban J connectivity index is 1.74. The predicted molar refractivity (Wildman–Crippen MR) is 105 cm³/mol. The molecule has 0 spiro atoms. The lowest BCUT2D eigenvalue weighted by Crippen LogP contribution is -2.12. The van der Waals surface area contributed by atoms with Gasteiger partial charge in [0.1, 0.15) is 0 Å². The highest BCUT2D eigenvalue weighted by atomic mass is 16.6. The number of para-hydroxylation sites is 2. The standard InChI is InChI=1S/C23H19NO2/c1-16-12-13-19(14-17(16)2)24-15-22-23(18-8-4-3-5-9-18)26-21-11-7-6-10-20(21)25-22/h3-15H,1-2H3. The Morgan fingerprint density at radius 1 is 0.731 bits per heavy atom. The number of ether oxygens (including phenoxy) is 2. The van der Waals surface area contributed by atoms with Crippen LogP contribution in [-0.2, 0) is 0 Å². The first-order chi connectivity index (χ1) is 12.7. The van der Waals surface area contributed by atoms with E-state index >= 15 is 0 Å². The van der Waals surface area contributed by atoms with Gasteiger partial charge in [-0.3, -0.25) is 4.99 Å². The summed E-state index contributed by atoms with van der Waals surface area (Å²) in [5.74, 6) is 2.65. The Labute approximate surface area is 153 Å². The highest BCUT2D eigenvalue weighted by Crippen LogP contribution is 2.37. The monoisotopic (exact) mass is 341 g/mol. The maximum Gasteiger partial charge on any atom is 0.188 e. The molecule has 0 aromatic heterocycles. The number of allylic oxidation sites excluding steroid dienone is 1. The summed E-state index contributed by atoms with van der Waals surface area (Å²) in [6.07, 6.45) is 1.72. The number of rotatable bonds is 3. The molecule has 3 heteroatoms. The molecule has 0 fully saturated rings. The molecule has 0 radical (unpaired) electrons.